The molecule has 2 atom stereocenters. The molecule has 0 aromatic heterocycles. The lowest BCUT2D eigenvalue weighted by atomic mass is 10.1. The fourth-order valence-electron chi connectivity index (χ4n) is 1.97. The minimum Gasteiger partial charge on any atom is -0.569 e. The fraction of sp³-hybridized carbons (Fsp3) is 0.909. The van der Waals surface area contributed by atoms with Gasteiger partial charge in [-0.1, -0.05) is 0 Å². The highest BCUT2D eigenvalue weighted by molar-refractivity contribution is 5.73. The highest BCUT2D eigenvalue weighted by atomic mass is 16.7. The summed E-state index contributed by atoms with van der Waals surface area (Å²) in [5.74, 6) is -0.921. The van der Waals surface area contributed by atoms with Crippen LogP contribution in [0.3, 0.4) is 0 Å². The summed E-state index contributed by atoms with van der Waals surface area (Å²) >= 11 is 0. The number of carboxylic acid groups (broad SMARTS) is 1. The number of nitrogens with zero attached hydrogens (tertiary/aromatic N) is 3. The molecule has 0 amide bonds. The minimum absolute atomic E-state index is 0.300. The molecule has 8 nitrogen and oxygen atoms in total. The van der Waals surface area contributed by atoms with E-state index in [1.807, 2.05) is 27.7 Å². The largest absolute Gasteiger partial charge is 0.569 e. The molecule has 0 aromatic rings. The number of carbonyl (C=O) groups is 1. The van der Waals surface area contributed by atoms with Crippen molar-refractivity contribution in [3.8, 4) is 0 Å². The fourth-order valence-corrected chi connectivity index (χ4v) is 1.97. The van der Waals surface area contributed by atoms with E-state index in [4.69, 9.17) is 9.94 Å². The molecule has 0 spiro atoms. The molecule has 1 aliphatic heterocycles. The Hall–Kier alpha value is -1.57. The summed E-state index contributed by atoms with van der Waals surface area (Å²) < 4.78 is 0. The highest BCUT2D eigenvalue weighted by Crippen LogP contribution is 2.14. The zero-order chi connectivity index (χ0) is 14.6. The SMILES string of the molecule is CCN(/[N+]([O-])=N\O[C@H]1CN[C@H](C(=O)O)C1)C(C)(C)C. The Kier molecular flexibility index (Phi) is 4.93. The van der Waals surface area contributed by atoms with Crippen molar-refractivity contribution in [3.05, 3.63) is 5.21 Å². The van der Waals surface area contributed by atoms with E-state index >= 15 is 0 Å². The molecular formula is C11H22N4O4. The van der Waals surface area contributed by atoms with Gasteiger partial charge in [0.25, 0.3) is 0 Å². The van der Waals surface area contributed by atoms with Crippen LogP contribution in [0.4, 0.5) is 0 Å². The second kappa shape index (κ2) is 6.05. The molecule has 0 aliphatic carbocycles. The van der Waals surface area contributed by atoms with Crippen LogP contribution >= 0.6 is 0 Å². The Bertz CT molecular complexity index is 353. The first-order valence-electron chi connectivity index (χ1n) is 6.33. The van der Waals surface area contributed by atoms with Gasteiger partial charge in [-0.25, -0.2) is 0 Å². The predicted octanol–water partition coefficient (Wildman–Crippen LogP) is 0.731. The molecule has 1 heterocycles. The summed E-state index contributed by atoms with van der Waals surface area (Å²) in [6.07, 6.45) is -0.0925. The number of aliphatic carboxylic acids is 1. The average molecular weight is 274 g/mol. The van der Waals surface area contributed by atoms with Crippen LogP contribution in [0.1, 0.15) is 34.1 Å². The number of hydrogen-bond donors (Lipinski definition) is 2. The average Bonchev–Trinajstić information content (AvgIpc) is 2.74. The molecule has 1 rings (SSSR count). The molecule has 0 saturated carbocycles. The van der Waals surface area contributed by atoms with E-state index in [-0.39, 0.29) is 5.54 Å². The van der Waals surface area contributed by atoms with E-state index in [0.29, 0.717) is 24.5 Å². The van der Waals surface area contributed by atoms with Crippen molar-refractivity contribution < 1.29 is 19.7 Å². The summed E-state index contributed by atoms with van der Waals surface area (Å²) in [6.45, 7) is 8.41. The number of carboxylic acids is 1. The van der Waals surface area contributed by atoms with Crippen LogP contribution in [0.15, 0.2) is 5.28 Å². The normalized spacial score (nSPS) is 24.3. The molecule has 110 valence electrons. The third-order valence-corrected chi connectivity index (χ3v) is 2.94. The van der Waals surface area contributed by atoms with Crippen molar-refractivity contribution in [1.29, 1.82) is 0 Å². The van der Waals surface area contributed by atoms with Crippen LogP contribution in [0.2, 0.25) is 0 Å². The van der Waals surface area contributed by atoms with Crippen molar-refractivity contribution in [1.82, 2.24) is 10.3 Å². The minimum atomic E-state index is -0.921. The number of hydrogen-bond acceptors (Lipinski definition) is 5. The summed E-state index contributed by atoms with van der Waals surface area (Å²) in [6, 6.07) is -0.634. The van der Waals surface area contributed by atoms with Crippen molar-refractivity contribution in [3.63, 3.8) is 0 Å². The maximum absolute atomic E-state index is 11.8. The number of nitrogens with one attached hydrogen (secondary N) is 1. The number of rotatable bonds is 5. The van der Waals surface area contributed by atoms with E-state index in [2.05, 4.69) is 10.6 Å². The Morgan fingerprint density at radius 3 is 2.68 bits per heavy atom. The standard InChI is InChI=1S/C11H22N4O4/c1-5-14(11(2,3)4)15(18)13-19-8-6-9(10(16)17)12-7-8/h8-9,12H,5-7H2,1-4H3,(H,16,17)/b15-13+/t8-,9+/m1/s1. The van der Waals surface area contributed by atoms with Crippen molar-refractivity contribution >= 4 is 5.97 Å². The third kappa shape index (κ3) is 4.23. The van der Waals surface area contributed by atoms with Gasteiger partial charge in [0.05, 0.1) is 17.1 Å². The molecule has 2 N–H and O–H groups in total. The Morgan fingerprint density at radius 2 is 2.26 bits per heavy atom. The molecule has 0 bridgehead atoms. The van der Waals surface area contributed by atoms with E-state index < -0.39 is 18.1 Å². The Balaban J connectivity index is 2.55. The Labute approximate surface area is 112 Å². The van der Waals surface area contributed by atoms with Crippen LogP contribution in [-0.2, 0) is 9.63 Å². The quantitative estimate of drug-likeness (QED) is 0.435. The molecule has 19 heavy (non-hydrogen) atoms. The van der Waals surface area contributed by atoms with Gasteiger partial charge in [0.1, 0.15) is 12.1 Å². The van der Waals surface area contributed by atoms with Crippen LogP contribution in [0.5, 0.6) is 0 Å². The maximum Gasteiger partial charge on any atom is 0.320 e. The van der Waals surface area contributed by atoms with E-state index in [1.165, 1.54) is 5.01 Å². The second-order valence-corrected chi connectivity index (χ2v) is 5.48. The maximum atomic E-state index is 11.8. The van der Waals surface area contributed by atoms with E-state index in [9.17, 15) is 10.0 Å². The van der Waals surface area contributed by atoms with Gasteiger partial charge >= 0.3 is 5.97 Å². The summed E-state index contributed by atoms with van der Waals surface area (Å²) in [4.78, 5) is 16.3. The summed E-state index contributed by atoms with van der Waals surface area (Å²) in [5.41, 5.74) is -0.360. The molecule has 1 fully saturated rings. The monoisotopic (exact) mass is 274 g/mol. The zero-order valence-corrected chi connectivity index (χ0v) is 11.8. The molecule has 0 radical (unpaired) electrons. The first-order valence-corrected chi connectivity index (χ1v) is 6.33. The van der Waals surface area contributed by atoms with Gasteiger partial charge in [-0.05, 0) is 27.7 Å². The van der Waals surface area contributed by atoms with Gasteiger partial charge in [-0.3, -0.25) is 4.79 Å². The highest BCUT2D eigenvalue weighted by Gasteiger charge is 2.32. The molecule has 0 aromatic carbocycles. The topological polar surface area (TPSA) is 100 Å². The van der Waals surface area contributed by atoms with Gasteiger partial charge in [0, 0.05) is 13.0 Å². The van der Waals surface area contributed by atoms with Gasteiger partial charge in [0.15, 0.2) is 0 Å². The van der Waals surface area contributed by atoms with Gasteiger partial charge < -0.3 is 20.5 Å². The first-order chi connectivity index (χ1) is 8.75. The molecule has 1 aliphatic rings. The van der Waals surface area contributed by atoms with Crippen molar-refractivity contribution in [2.24, 2.45) is 5.28 Å². The van der Waals surface area contributed by atoms with Crippen LogP contribution in [-0.4, -0.2) is 51.8 Å². The van der Waals surface area contributed by atoms with Crippen LogP contribution in [0.25, 0.3) is 0 Å². The second-order valence-electron chi connectivity index (χ2n) is 5.48. The smallest absolute Gasteiger partial charge is 0.320 e. The van der Waals surface area contributed by atoms with Crippen LogP contribution in [0, 0.1) is 5.21 Å². The Morgan fingerprint density at radius 1 is 1.63 bits per heavy atom. The van der Waals surface area contributed by atoms with Crippen molar-refractivity contribution in [2.45, 2.75) is 51.8 Å². The van der Waals surface area contributed by atoms with Crippen molar-refractivity contribution in [2.75, 3.05) is 13.1 Å². The molecule has 0 unspecified atom stereocenters. The van der Waals surface area contributed by atoms with Gasteiger partial charge in [-0.15, -0.1) is 5.01 Å². The van der Waals surface area contributed by atoms with Gasteiger partial charge in [-0.2, -0.15) is 0 Å². The molecule has 8 heteroatoms. The molecular weight excluding hydrogens is 252 g/mol. The van der Waals surface area contributed by atoms with Crippen LogP contribution < -0.4 is 5.32 Å². The van der Waals surface area contributed by atoms with E-state index in [1.54, 1.807) is 0 Å². The number of hydrazine groups is 1. The predicted molar refractivity (Wildman–Crippen MR) is 67.1 cm³/mol. The summed E-state index contributed by atoms with van der Waals surface area (Å²) in [5, 5.41) is 28.4. The lowest BCUT2D eigenvalue weighted by Gasteiger charge is -2.29. The lowest BCUT2D eigenvalue weighted by molar-refractivity contribution is -0.725. The zero-order valence-electron chi connectivity index (χ0n) is 11.8. The third-order valence-electron chi connectivity index (χ3n) is 2.94. The van der Waals surface area contributed by atoms with Gasteiger partial charge in [0.2, 0.25) is 5.28 Å². The first kappa shape index (κ1) is 15.5. The lowest BCUT2D eigenvalue weighted by Crippen LogP contribution is -2.45. The molecule has 1 saturated heterocycles. The van der Waals surface area contributed by atoms with E-state index in [0.717, 1.165) is 0 Å². The summed E-state index contributed by atoms with van der Waals surface area (Å²) in [7, 11) is 0.